The molecule has 0 N–H and O–H groups in total. The highest BCUT2D eigenvalue weighted by Crippen LogP contribution is 2.31. The van der Waals surface area contributed by atoms with Gasteiger partial charge in [0, 0.05) is 29.1 Å². The van der Waals surface area contributed by atoms with Crippen molar-refractivity contribution in [1.29, 1.82) is 0 Å². The normalized spacial score (nSPS) is 10.3. The van der Waals surface area contributed by atoms with Crippen molar-refractivity contribution < 1.29 is 9.53 Å². The van der Waals surface area contributed by atoms with Crippen LogP contribution in [0.15, 0.2) is 67.0 Å². The van der Waals surface area contributed by atoms with Crippen LogP contribution in [-0.4, -0.2) is 11.3 Å². The van der Waals surface area contributed by atoms with Crippen LogP contribution in [-0.2, 0) is 6.61 Å². The first-order valence-electron chi connectivity index (χ1n) is 7.44. The monoisotopic (exact) mass is 303 g/mol. The molecule has 3 aromatic rings. The zero-order valence-electron chi connectivity index (χ0n) is 12.9. The fourth-order valence-corrected chi connectivity index (χ4v) is 2.41. The number of carbonyl (C=O) groups is 1. The first kappa shape index (κ1) is 15.0. The van der Waals surface area contributed by atoms with Crippen LogP contribution >= 0.6 is 0 Å². The Morgan fingerprint density at radius 1 is 1.04 bits per heavy atom. The molecule has 0 aliphatic rings. The minimum absolute atomic E-state index is 0.454. The van der Waals surface area contributed by atoms with Crippen LogP contribution in [0.25, 0.3) is 11.1 Å². The van der Waals surface area contributed by atoms with Crippen molar-refractivity contribution in [2.75, 3.05) is 0 Å². The molecule has 0 unspecified atom stereocenters. The van der Waals surface area contributed by atoms with Gasteiger partial charge in [0.05, 0.1) is 0 Å². The molecule has 23 heavy (non-hydrogen) atoms. The van der Waals surface area contributed by atoms with Gasteiger partial charge in [-0.05, 0) is 36.2 Å². The van der Waals surface area contributed by atoms with Gasteiger partial charge in [-0.3, -0.25) is 9.78 Å². The minimum Gasteiger partial charge on any atom is -0.488 e. The highest BCUT2D eigenvalue weighted by Gasteiger charge is 2.09. The predicted molar refractivity (Wildman–Crippen MR) is 90.6 cm³/mol. The van der Waals surface area contributed by atoms with Gasteiger partial charge in [0.1, 0.15) is 18.6 Å². The third-order valence-electron chi connectivity index (χ3n) is 3.56. The number of rotatable bonds is 5. The van der Waals surface area contributed by atoms with E-state index in [1.165, 1.54) is 0 Å². The van der Waals surface area contributed by atoms with E-state index >= 15 is 0 Å². The highest BCUT2D eigenvalue weighted by atomic mass is 16.5. The Bertz CT molecular complexity index is 813. The SMILES string of the molecule is Cc1cncc(-c2ccc(C=O)cc2OCc2ccccc2)c1. The molecule has 0 spiro atoms. The molecular weight excluding hydrogens is 286 g/mol. The molecule has 0 saturated heterocycles. The van der Waals surface area contributed by atoms with Crippen molar-refractivity contribution in [3.8, 4) is 16.9 Å². The molecule has 3 rings (SSSR count). The van der Waals surface area contributed by atoms with Gasteiger partial charge < -0.3 is 4.74 Å². The summed E-state index contributed by atoms with van der Waals surface area (Å²) in [6.07, 6.45) is 4.44. The van der Waals surface area contributed by atoms with Gasteiger partial charge in [0.2, 0.25) is 0 Å². The lowest BCUT2D eigenvalue weighted by atomic mass is 10.0. The molecule has 0 radical (unpaired) electrons. The average molecular weight is 303 g/mol. The summed E-state index contributed by atoms with van der Waals surface area (Å²) in [5, 5.41) is 0. The molecule has 1 heterocycles. The summed E-state index contributed by atoms with van der Waals surface area (Å²) in [5.74, 6) is 0.686. The Kier molecular flexibility index (Phi) is 4.48. The lowest BCUT2D eigenvalue weighted by molar-refractivity contribution is 0.112. The zero-order chi connectivity index (χ0) is 16.1. The fourth-order valence-electron chi connectivity index (χ4n) is 2.41. The number of aldehydes is 1. The number of nitrogens with zero attached hydrogens (tertiary/aromatic N) is 1. The summed E-state index contributed by atoms with van der Waals surface area (Å²) in [6.45, 7) is 2.45. The second kappa shape index (κ2) is 6.88. The molecule has 0 aliphatic carbocycles. The van der Waals surface area contributed by atoms with Gasteiger partial charge in [0.25, 0.3) is 0 Å². The van der Waals surface area contributed by atoms with E-state index in [-0.39, 0.29) is 0 Å². The van der Waals surface area contributed by atoms with Crippen molar-refractivity contribution in [1.82, 2.24) is 4.98 Å². The van der Waals surface area contributed by atoms with E-state index in [0.717, 1.165) is 28.5 Å². The molecule has 3 nitrogen and oxygen atoms in total. The van der Waals surface area contributed by atoms with Crippen molar-refractivity contribution in [2.45, 2.75) is 13.5 Å². The van der Waals surface area contributed by atoms with E-state index in [0.29, 0.717) is 17.9 Å². The van der Waals surface area contributed by atoms with Gasteiger partial charge in [-0.15, -0.1) is 0 Å². The Morgan fingerprint density at radius 2 is 1.87 bits per heavy atom. The molecule has 1 aromatic heterocycles. The number of hydrogen-bond acceptors (Lipinski definition) is 3. The van der Waals surface area contributed by atoms with E-state index in [2.05, 4.69) is 11.1 Å². The van der Waals surface area contributed by atoms with E-state index in [4.69, 9.17) is 4.74 Å². The molecule has 0 aliphatic heterocycles. The van der Waals surface area contributed by atoms with Gasteiger partial charge in [-0.1, -0.05) is 36.4 Å². The quantitative estimate of drug-likeness (QED) is 0.654. The summed E-state index contributed by atoms with van der Waals surface area (Å²) in [4.78, 5) is 15.3. The third kappa shape index (κ3) is 3.64. The Morgan fingerprint density at radius 3 is 2.61 bits per heavy atom. The lowest BCUT2D eigenvalue weighted by Crippen LogP contribution is -1.98. The van der Waals surface area contributed by atoms with E-state index in [1.807, 2.05) is 49.5 Å². The van der Waals surface area contributed by atoms with E-state index in [9.17, 15) is 4.79 Å². The number of ether oxygens (including phenoxy) is 1. The maximum absolute atomic E-state index is 11.1. The summed E-state index contributed by atoms with van der Waals surface area (Å²) in [7, 11) is 0. The Labute approximate surface area is 135 Å². The number of benzene rings is 2. The molecule has 0 atom stereocenters. The van der Waals surface area contributed by atoms with Crippen LogP contribution in [0.3, 0.4) is 0 Å². The molecule has 0 saturated carbocycles. The summed E-state index contributed by atoms with van der Waals surface area (Å²) < 4.78 is 5.97. The standard InChI is InChI=1S/C20H17NO2/c1-15-9-18(12-21-11-15)19-8-7-17(13-22)10-20(19)23-14-16-5-3-2-4-6-16/h2-13H,14H2,1H3. The van der Waals surface area contributed by atoms with Gasteiger partial charge in [-0.2, -0.15) is 0 Å². The average Bonchev–Trinajstić information content (AvgIpc) is 2.60. The second-order valence-corrected chi connectivity index (χ2v) is 5.40. The summed E-state index contributed by atoms with van der Waals surface area (Å²) in [5.41, 5.74) is 4.67. The second-order valence-electron chi connectivity index (χ2n) is 5.40. The van der Waals surface area contributed by atoms with E-state index in [1.54, 1.807) is 18.3 Å². The zero-order valence-corrected chi connectivity index (χ0v) is 12.9. The lowest BCUT2D eigenvalue weighted by Gasteiger charge is -2.13. The maximum atomic E-state index is 11.1. The molecule has 0 fully saturated rings. The Balaban J connectivity index is 1.94. The number of pyridine rings is 1. The third-order valence-corrected chi connectivity index (χ3v) is 3.56. The summed E-state index contributed by atoms with van der Waals surface area (Å²) in [6, 6.07) is 17.5. The number of carbonyl (C=O) groups excluding carboxylic acids is 1. The van der Waals surface area contributed by atoms with Gasteiger partial charge in [-0.25, -0.2) is 0 Å². The van der Waals surface area contributed by atoms with Gasteiger partial charge >= 0.3 is 0 Å². The fraction of sp³-hybridized carbons (Fsp3) is 0.100. The molecule has 0 amide bonds. The van der Waals surface area contributed by atoms with Crippen LogP contribution in [0.2, 0.25) is 0 Å². The smallest absolute Gasteiger partial charge is 0.150 e. The minimum atomic E-state index is 0.454. The topological polar surface area (TPSA) is 39.2 Å². The van der Waals surface area contributed by atoms with E-state index < -0.39 is 0 Å². The largest absolute Gasteiger partial charge is 0.488 e. The van der Waals surface area contributed by atoms with Gasteiger partial charge in [0.15, 0.2) is 0 Å². The maximum Gasteiger partial charge on any atom is 0.150 e. The molecule has 3 heteroatoms. The van der Waals surface area contributed by atoms with Crippen LogP contribution in [0, 0.1) is 6.92 Å². The Hall–Kier alpha value is -2.94. The summed E-state index contributed by atoms with van der Waals surface area (Å²) >= 11 is 0. The molecule has 0 bridgehead atoms. The van der Waals surface area contributed by atoms with Crippen LogP contribution < -0.4 is 4.74 Å². The molecule has 2 aromatic carbocycles. The van der Waals surface area contributed by atoms with Crippen molar-refractivity contribution in [3.63, 3.8) is 0 Å². The van der Waals surface area contributed by atoms with Crippen LogP contribution in [0.4, 0.5) is 0 Å². The number of aromatic nitrogens is 1. The van der Waals surface area contributed by atoms with Crippen LogP contribution in [0.5, 0.6) is 5.75 Å². The van der Waals surface area contributed by atoms with Crippen LogP contribution in [0.1, 0.15) is 21.5 Å². The molecular formula is C20H17NO2. The first-order chi connectivity index (χ1) is 11.3. The van der Waals surface area contributed by atoms with Crippen molar-refractivity contribution >= 4 is 6.29 Å². The number of aryl methyl sites for hydroxylation is 1. The van der Waals surface area contributed by atoms with Crippen molar-refractivity contribution in [3.05, 3.63) is 83.7 Å². The highest BCUT2D eigenvalue weighted by molar-refractivity contribution is 5.80. The predicted octanol–water partition coefficient (Wildman–Crippen LogP) is 4.45. The number of hydrogen-bond donors (Lipinski definition) is 0. The molecule has 114 valence electrons. The first-order valence-corrected chi connectivity index (χ1v) is 7.44. The van der Waals surface area contributed by atoms with Crippen molar-refractivity contribution in [2.24, 2.45) is 0 Å².